The van der Waals surface area contributed by atoms with E-state index in [0.29, 0.717) is 11.3 Å². The summed E-state index contributed by atoms with van der Waals surface area (Å²) in [5.74, 6) is 0.155. The SMILES string of the molecule is O=C(OC1=CC=C=CC=C1)c1ccccc1. The minimum absolute atomic E-state index is 0.355. The second-order valence-electron chi connectivity index (χ2n) is 3.18. The molecule has 1 aromatic carbocycles. The molecule has 2 nitrogen and oxygen atoms in total. The van der Waals surface area contributed by atoms with E-state index in [0.717, 1.165) is 0 Å². The summed E-state index contributed by atoms with van der Waals surface area (Å²) < 4.78 is 5.20. The number of ether oxygens (including phenoxy) is 1. The molecule has 0 aromatic heterocycles. The van der Waals surface area contributed by atoms with Crippen LogP contribution < -0.4 is 0 Å². The first-order valence-electron chi connectivity index (χ1n) is 4.93. The number of allylic oxidation sites excluding steroid dienone is 4. The average molecular weight is 210 g/mol. The summed E-state index contributed by atoms with van der Waals surface area (Å²) in [6.07, 6.45) is 8.64. The van der Waals surface area contributed by atoms with Crippen LogP contribution in [0.4, 0.5) is 0 Å². The maximum absolute atomic E-state index is 11.7. The monoisotopic (exact) mass is 210 g/mol. The van der Waals surface area contributed by atoms with E-state index in [1.54, 1.807) is 54.6 Å². The highest BCUT2D eigenvalue weighted by molar-refractivity contribution is 5.90. The highest BCUT2D eigenvalue weighted by Gasteiger charge is 2.07. The number of benzene rings is 1. The van der Waals surface area contributed by atoms with Crippen molar-refractivity contribution in [2.24, 2.45) is 0 Å². The predicted octanol–water partition coefficient (Wildman–Crippen LogP) is 3.01. The summed E-state index contributed by atoms with van der Waals surface area (Å²) >= 11 is 0. The van der Waals surface area contributed by atoms with E-state index in [1.807, 2.05) is 6.07 Å². The average Bonchev–Trinajstić information content (AvgIpc) is 2.59. The molecule has 0 radical (unpaired) electrons. The van der Waals surface area contributed by atoms with Gasteiger partial charge in [0.2, 0.25) is 0 Å². The molecule has 78 valence electrons. The topological polar surface area (TPSA) is 26.3 Å². The molecule has 1 aliphatic rings. The third-order valence-corrected chi connectivity index (χ3v) is 2.02. The fourth-order valence-electron chi connectivity index (χ4n) is 1.25. The van der Waals surface area contributed by atoms with Crippen LogP contribution in [0.5, 0.6) is 0 Å². The van der Waals surface area contributed by atoms with Gasteiger partial charge in [0.25, 0.3) is 0 Å². The molecule has 0 amide bonds. The number of carbonyl (C=O) groups is 1. The fraction of sp³-hybridized carbons (Fsp3) is 0. The first-order chi connectivity index (χ1) is 7.86. The van der Waals surface area contributed by atoms with Gasteiger partial charge in [-0.15, -0.1) is 5.73 Å². The molecule has 16 heavy (non-hydrogen) atoms. The van der Waals surface area contributed by atoms with E-state index in [9.17, 15) is 4.79 Å². The van der Waals surface area contributed by atoms with Gasteiger partial charge in [-0.05, 0) is 36.4 Å². The van der Waals surface area contributed by atoms with Gasteiger partial charge in [0, 0.05) is 0 Å². The number of rotatable bonds is 2. The maximum Gasteiger partial charge on any atom is 0.343 e. The molecule has 0 fully saturated rings. The number of esters is 1. The number of carbonyl (C=O) groups excluding carboxylic acids is 1. The maximum atomic E-state index is 11.7. The normalized spacial score (nSPS) is 13.1. The quantitative estimate of drug-likeness (QED) is 0.554. The Kier molecular flexibility index (Phi) is 3.17. The molecule has 0 N–H and O–H groups in total. The van der Waals surface area contributed by atoms with Gasteiger partial charge in [-0.2, -0.15) is 0 Å². The van der Waals surface area contributed by atoms with Gasteiger partial charge in [0.05, 0.1) is 5.56 Å². The molecule has 2 rings (SSSR count). The standard InChI is InChI=1S/C14H10O2/c15-14(12-8-4-3-5-9-12)16-13-10-6-1-2-7-11-13/h1,3-11H. The van der Waals surface area contributed by atoms with Crippen LogP contribution in [0, 0.1) is 0 Å². The molecule has 0 saturated carbocycles. The van der Waals surface area contributed by atoms with E-state index in [4.69, 9.17) is 4.74 Å². The Morgan fingerprint density at radius 2 is 1.94 bits per heavy atom. The van der Waals surface area contributed by atoms with Gasteiger partial charge in [-0.1, -0.05) is 24.3 Å². The lowest BCUT2D eigenvalue weighted by molar-refractivity contribution is 0.0637. The molecule has 0 bridgehead atoms. The zero-order valence-corrected chi connectivity index (χ0v) is 8.59. The third kappa shape index (κ3) is 2.59. The molecular formula is C14H10O2. The highest BCUT2D eigenvalue weighted by Crippen LogP contribution is 2.08. The second-order valence-corrected chi connectivity index (χ2v) is 3.18. The van der Waals surface area contributed by atoms with E-state index in [1.165, 1.54) is 0 Å². The molecule has 1 aromatic rings. The van der Waals surface area contributed by atoms with Gasteiger partial charge in [0.1, 0.15) is 5.76 Å². The molecule has 0 spiro atoms. The Labute approximate surface area is 93.9 Å². The third-order valence-electron chi connectivity index (χ3n) is 2.02. The van der Waals surface area contributed by atoms with Gasteiger partial charge in [0.15, 0.2) is 0 Å². The molecule has 0 atom stereocenters. The van der Waals surface area contributed by atoms with Crippen LogP contribution in [0.1, 0.15) is 10.4 Å². The van der Waals surface area contributed by atoms with E-state index in [-0.39, 0.29) is 5.97 Å². The van der Waals surface area contributed by atoms with Crippen molar-refractivity contribution in [2.75, 3.05) is 0 Å². The molecule has 0 aliphatic heterocycles. The second kappa shape index (κ2) is 4.96. The Hall–Kier alpha value is -2.31. The van der Waals surface area contributed by atoms with Gasteiger partial charge >= 0.3 is 5.97 Å². The van der Waals surface area contributed by atoms with Gasteiger partial charge in [-0.25, -0.2) is 4.79 Å². The van der Waals surface area contributed by atoms with Crippen molar-refractivity contribution < 1.29 is 9.53 Å². The van der Waals surface area contributed by atoms with Crippen LogP contribution in [-0.2, 0) is 4.74 Å². The zero-order chi connectivity index (χ0) is 11.2. The fourth-order valence-corrected chi connectivity index (χ4v) is 1.25. The van der Waals surface area contributed by atoms with Crippen molar-refractivity contribution in [2.45, 2.75) is 0 Å². The summed E-state index contributed by atoms with van der Waals surface area (Å²) in [6, 6.07) is 8.90. The summed E-state index contributed by atoms with van der Waals surface area (Å²) in [5, 5.41) is 0. The molecule has 0 saturated heterocycles. The van der Waals surface area contributed by atoms with Crippen LogP contribution in [-0.4, -0.2) is 5.97 Å². The van der Waals surface area contributed by atoms with Crippen LogP contribution in [0.25, 0.3) is 0 Å². The summed E-state index contributed by atoms with van der Waals surface area (Å²) in [5.41, 5.74) is 3.43. The van der Waals surface area contributed by atoms with Gasteiger partial charge in [-0.3, -0.25) is 0 Å². The smallest absolute Gasteiger partial charge is 0.343 e. The van der Waals surface area contributed by atoms with Crippen LogP contribution >= 0.6 is 0 Å². The van der Waals surface area contributed by atoms with Gasteiger partial charge < -0.3 is 4.74 Å². The largest absolute Gasteiger partial charge is 0.423 e. The van der Waals surface area contributed by atoms with Crippen LogP contribution in [0.3, 0.4) is 0 Å². The zero-order valence-electron chi connectivity index (χ0n) is 8.59. The van der Waals surface area contributed by atoms with Crippen molar-refractivity contribution in [3.05, 3.63) is 77.8 Å². The minimum atomic E-state index is -0.355. The summed E-state index contributed by atoms with van der Waals surface area (Å²) in [4.78, 5) is 11.7. The van der Waals surface area contributed by atoms with Crippen molar-refractivity contribution in [3.8, 4) is 0 Å². The van der Waals surface area contributed by atoms with E-state index < -0.39 is 0 Å². The van der Waals surface area contributed by atoms with Crippen molar-refractivity contribution >= 4 is 5.97 Å². The Morgan fingerprint density at radius 3 is 2.75 bits per heavy atom. The Morgan fingerprint density at radius 1 is 1.12 bits per heavy atom. The van der Waals surface area contributed by atoms with Crippen LogP contribution in [0.15, 0.2) is 72.2 Å². The summed E-state index contributed by atoms with van der Waals surface area (Å²) in [6.45, 7) is 0. The predicted molar refractivity (Wildman–Crippen MR) is 61.7 cm³/mol. The first kappa shape index (κ1) is 10.2. The van der Waals surface area contributed by atoms with E-state index in [2.05, 4.69) is 5.73 Å². The molecular weight excluding hydrogens is 200 g/mol. The molecule has 1 aliphatic carbocycles. The lowest BCUT2D eigenvalue weighted by Gasteiger charge is -2.03. The Bertz CT molecular complexity index is 501. The summed E-state index contributed by atoms with van der Waals surface area (Å²) in [7, 11) is 0. The molecule has 0 unspecified atom stereocenters. The lowest BCUT2D eigenvalue weighted by atomic mass is 10.2. The van der Waals surface area contributed by atoms with Crippen molar-refractivity contribution in [1.82, 2.24) is 0 Å². The van der Waals surface area contributed by atoms with E-state index >= 15 is 0 Å². The number of hydrogen-bond donors (Lipinski definition) is 0. The molecule has 2 heteroatoms. The lowest BCUT2D eigenvalue weighted by Crippen LogP contribution is -2.03. The highest BCUT2D eigenvalue weighted by atomic mass is 16.5. The van der Waals surface area contributed by atoms with Crippen molar-refractivity contribution in [3.63, 3.8) is 0 Å². The minimum Gasteiger partial charge on any atom is -0.423 e. The Balaban J connectivity index is 2.09. The van der Waals surface area contributed by atoms with Crippen molar-refractivity contribution in [1.29, 1.82) is 0 Å². The van der Waals surface area contributed by atoms with Crippen LogP contribution in [0.2, 0.25) is 0 Å². The number of hydrogen-bond acceptors (Lipinski definition) is 2. The first-order valence-corrected chi connectivity index (χ1v) is 4.93. The molecule has 0 heterocycles.